The molecule has 0 amide bonds. The zero-order chi connectivity index (χ0) is 32.4. The summed E-state index contributed by atoms with van der Waals surface area (Å²) in [6.07, 6.45) is 0.812. The Labute approximate surface area is 278 Å². The first-order chi connectivity index (χ1) is 22.9. The summed E-state index contributed by atoms with van der Waals surface area (Å²) in [5, 5.41) is 0. The first-order valence-corrected chi connectivity index (χ1v) is 16.2. The molecule has 0 radical (unpaired) electrons. The van der Waals surface area contributed by atoms with Crippen molar-refractivity contribution < 1.29 is 0 Å². The number of hydrogen-bond donors (Lipinski definition) is 0. The Bertz CT molecular complexity index is 2180. The predicted molar refractivity (Wildman–Crippen MR) is 199 cm³/mol. The molecule has 1 nitrogen and oxygen atoms in total. The van der Waals surface area contributed by atoms with Crippen LogP contribution in [0.1, 0.15) is 37.5 Å². The Balaban J connectivity index is 1.27. The Hall–Kier alpha value is -5.80. The van der Waals surface area contributed by atoms with E-state index in [0.717, 1.165) is 29.1 Å². The first-order valence-electron chi connectivity index (χ1n) is 16.2. The van der Waals surface area contributed by atoms with E-state index >= 15 is 0 Å². The smallest absolute Gasteiger partial charge is 0.0462 e. The maximum atomic E-state index is 3.69. The SMILES string of the molecule is C=C=C=C=C1Cc2ccccc2-c2ccc(-c3ccc(N(c4ccc(-c5ccccc5)cc4)c4ccc(C(C)(C)C)cc4)cc3)cc21. The highest BCUT2D eigenvalue weighted by Gasteiger charge is 2.21. The number of rotatable bonds is 5. The molecule has 0 saturated heterocycles. The lowest BCUT2D eigenvalue weighted by molar-refractivity contribution is 0.590. The van der Waals surface area contributed by atoms with Crippen LogP contribution in [-0.2, 0) is 11.8 Å². The Kier molecular flexibility index (Phi) is 7.97. The standard InChI is InChI=1S/C46H37N/c1-5-6-12-38-31-37-15-10-11-16-43(37)44-30-21-36(32-45(38)44)35-19-26-41(27-20-35)47(42-28-22-39(23-29-42)46(2,3)4)40-24-17-34(18-25-40)33-13-8-7-9-14-33/h7-11,13-30,32H,1,31H2,2-4H3. The molecule has 0 aliphatic heterocycles. The van der Waals surface area contributed by atoms with Gasteiger partial charge in [0.2, 0.25) is 0 Å². The third-order valence-electron chi connectivity index (χ3n) is 9.00. The summed E-state index contributed by atoms with van der Waals surface area (Å²) in [6, 6.07) is 52.7. The van der Waals surface area contributed by atoms with Crippen molar-refractivity contribution >= 4 is 22.6 Å². The van der Waals surface area contributed by atoms with Crippen LogP contribution >= 0.6 is 0 Å². The number of allylic oxidation sites excluding steroid dienone is 1. The number of fused-ring (bicyclic) bond motifs is 3. The molecule has 0 saturated carbocycles. The fourth-order valence-corrected chi connectivity index (χ4v) is 6.46. The minimum Gasteiger partial charge on any atom is -0.311 e. The maximum Gasteiger partial charge on any atom is 0.0462 e. The van der Waals surface area contributed by atoms with Crippen LogP contribution in [0.3, 0.4) is 0 Å². The molecule has 0 unspecified atom stereocenters. The van der Waals surface area contributed by atoms with Gasteiger partial charge in [0.1, 0.15) is 0 Å². The Morgan fingerprint density at radius 1 is 0.532 bits per heavy atom. The Morgan fingerprint density at radius 3 is 1.68 bits per heavy atom. The molecule has 0 bridgehead atoms. The van der Waals surface area contributed by atoms with Crippen molar-refractivity contribution in [2.45, 2.75) is 32.6 Å². The van der Waals surface area contributed by atoms with Crippen LogP contribution in [0.2, 0.25) is 0 Å². The van der Waals surface area contributed by atoms with Gasteiger partial charge in [-0.3, -0.25) is 0 Å². The predicted octanol–water partition coefficient (Wildman–Crippen LogP) is 12.5. The molecule has 0 heterocycles. The average molecular weight is 604 g/mol. The molecule has 1 aliphatic carbocycles. The molecule has 0 N–H and O–H groups in total. The molecule has 7 rings (SSSR count). The van der Waals surface area contributed by atoms with Crippen molar-refractivity contribution in [1.82, 2.24) is 0 Å². The van der Waals surface area contributed by atoms with E-state index in [1.807, 2.05) is 0 Å². The zero-order valence-corrected chi connectivity index (χ0v) is 27.2. The maximum absolute atomic E-state index is 3.69. The van der Waals surface area contributed by atoms with Crippen molar-refractivity contribution in [3.05, 3.63) is 186 Å². The third kappa shape index (κ3) is 6.08. The molecule has 1 aliphatic rings. The van der Waals surface area contributed by atoms with E-state index in [1.165, 1.54) is 50.1 Å². The summed E-state index contributed by atoms with van der Waals surface area (Å²) in [7, 11) is 0. The summed E-state index contributed by atoms with van der Waals surface area (Å²) < 4.78 is 0. The zero-order valence-electron chi connectivity index (χ0n) is 27.2. The van der Waals surface area contributed by atoms with Gasteiger partial charge in [-0.1, -0.05) is 135 Å². The second kappa shape index (κ2) is 12.5. The summed E-state index contributed by atoms with van der Waals surface area (Å²) in [4.78, 5) is 2.34. The van der Waals surface area contributed by atoms with Crippen molar-refractivity contribution in [3.63, 3.8) is 0 Å². The minimum atomic E-state index is 0.0894. The summed E-state index contributed by atoms with van der Waals surface area (Å²) in [5.74, 6) is 0. The second-order valence-electron chi connectivity index (χ2n) is 13.1. The van der Waals surface area contributed by atoms with E-state index in [0.29, 0.717) is 0 Å². The molecule has 47 heavy (non-hydrogen) atoms. The van der Waals surface area contributed by atoms with Gasteiger partial charge in [0.15, 0.2) is 0 Å². The second-order valence-corrected chi connectivity index (χ2v) is 13.1. The van der Waals surface area contributed by atoms with Gasteiger partial charge in [0, 0.05) is 29.1 Å². The number of hydrogen-bond acceptors (Lipinski definition) is 1. The highest BCUT2D eigenvalue weighted by molar-refractivity contribution is 5.90. The van der Waals surface area contributed by atoms with E-state index in [1.54, 1.807) is 0 Å². The normalized spacial score (nSPS) is 11.9. The highest BCUT2D eigenvalue weighted by Crippen LogP contribution is 2.42. The summed E-state index contributed by atoms with van der Waals surface area (Å²) >= 11 is 0. The van der Waals surface area contributed by atoms with Crippen LogP contribution < -0.4 is 4.90 Å². The van der Waals surface area contributed by atoms with E-state index in [4.69, 9.17) is 0 Å². The largest absolute Gasteiger partial charge is 0.311 e. The van der Waals surface area contributed by atoms with Gasteiger partial charge in [-0.2, -0.15) is 0 Å². The molecule has 0 fully saturated rings. The summed E-state index contributed by atoms with van der Waals surface area (Å²) in [6.45, 7) is 10.5. The lowest BCUT2D eigenvalue weighted by Gasteiger charge is -2.27. The van der Waals surface area contributed by atoms with Gasteiger partial charge in [-0.05, 0) is 110 Å². The van der Waals surface area contributed by atoms with Gasteiger partial charge in [-0.15, -0.1) is 0 Å². The highest BCUT2D eigenvalue weighted by atomic mass is 15.1. The first kappa shape index (κ1) is 29.9. The molecule has 0 atom stereocenters. The van der Waals surface area contributed by atoms with Crippen molar-refractivity contribution in [3.8, 4) is 33.4 Å². The van der Waals surface area contributed by atoms with Crippen molar-refractivity contribution in [1.29, 1.82) is 0 Å². The Morgan fingerprint density at radius 2 is 1.06 bits per heavy atom. The van der Waals surface area contributed by atoms with Crippen LogP contribution in [0.5, 0.6) is 0 Å². The molecular weight excluding hydrogens is 567 g/mol. The van der Waals surface area contributed by atoms with Gasteiger partial charge in [-0.25, -0.2) is 0 Å². The van der Waals surface area contributed by atoms with Crippen LogP contribution in [0, 0.1) is 0 Å². The van der Waals surface area contributed by atoms with Gasteiger partial charge >= 0.3 is 0 Å². The molecule has 0 aromatic heterocycles. The van der Waals surface area contributed by atoms with E-state index in [-0.39, 0.29) is 5.41 Å². The number of benzene rings is 6. The average Bonchev–Trinajstić information content (AvgIpc) is 3.11. The minimum absolute atomic E-state index is 0.0894. The van der Waals surface area contributed by atoms with Crippen LogP contribution in [-0.4, -0.2) is 0 Å². The monoisotopic (exact) mass is 603 g/mol. The lowest BCUT2D eigenvalue weighted by atomic mass is 9.81. The van der Waals surface area contributed by atoms with E-state index < -0.39 is 0 Å². The van der Waals surface area contributed by atoms with E-state index in [2.05, 4.69) is 195 Å². The van der Waals surface area contributed by atoms with Crippen molar-refractivity contribution in [2.24, 2.45) is 0 Å². The van der Waals surface area contributed by atoms with E-state index in [9.17, 15) is 0 Å². The molecule has 1 heteroatoms. The fraction of sp³-hybridized carbons (Fsp3) is 0.109. The van der Waals surface area contributed by atoms with Gasteiger partial charge in [0.25, 0.3) is 0 Å². The third-order valence-corrected chi connectivity index (χ3v) is 9.00. The molecule has 6 aromatic rings. The van der Waals surface area contributed by atoms with Crippen molar-refractivity contribution in [2.75, 3.05) is 4.90 Å². The molecule has 226 valence electrons. The molecule has 6 aromatic carbocycles. The van der Waals surface area contributed by atoms with Gasteiger partial charge < -0.3 is 4.90 Å². The van der Waals surface area contributed by atoms with Crippen LogP contribution in [0.15, 0.2) is 169 Å². The van der Waals surface area contributed by atoms with Crippen LogP contribution in [0.4, 0.5) is 17.1 Å². The number of anilines is 3. The fourth-order valence-electron chi connectivity index (χ4n) is 6.46. The quantitative estimate of drug-likeness (QED) is 0.177. The van der Waals surface area contributed by atoms with Crippen LogP contribution in [0.25, 0.3) is 39.0 Å². The molecule has 0 spiro atoms. The lowest BCUT2D eigenvalue weighted by Crippen LogP contribution is -2.13. The topological polar surface area (TPSA) is 3.24 Å². The number of nitrogens with zero attached hydrogens (tertiary/aromatic N) is 1. The molecular formula is C46H37N. The van der Waals surface area contributed by atoms with Gasteiger partial charge in [0.05, 0.1) is 0 Å². The summed E-state index contributed by atoms with van der Waals surface area (Å²) in [5.41, 5.74) is 24.7.